The van der Waals surface area contributed by atoms with E-state index in [2.05, 4.69) is 10.2 Å². The molecule has 1 fully saturated rings. The van der Waals surface area contributed by atoms with Crippen LogP contribution in [0, 0.1) is 11.3 Å². The number of ether oxygens (including phenoxy) is 1. The monoisotopic (exact) mass is 561 g/mol. The molecule has 1 saturated heterocycles. The predicted octanol–water partition coefficient (Wildman–Crippen LogP) is 4.63. The molecule has 1 heterocycles. The van der Waals surface area contributed by atoms with Crippen molar-refractivity contribution in [3.05, 3.63) is 53.1 Å². The molecule has 0 bridgehead atoms. The first kappa shape index (κ1) is 30.3. The Balaban J connectivity index is 1.81. The maximum Gasteiger partial charge on any atom is 0.417 e. The zero-order chi connectivity index (χ0) is 28.8. The Labute approximate surface area is 233 Å². The summed E-state index contributed by atoms with van der Waals surface area (Å²) in [7, 11) is 1.40. The average molecular weight is 562 g/mol. The molecule has 39 heavy (non-hydrogen) atoms. The van der Waals surface area contributed by atoms with E-state index in [4.69, 9.17) is 22.2 Å². The summed E-state index contributed by atoms with van der Waals surface area (Å²) >= 11 is 5.29. The van der Waals surface area contributed by atoms with Gasteiger partial charge in [-0.15, -0.1) is 0 Å². The van der Waals surface area contributed by atoms with Crippen molar-refractivity contribution >= 4 is 35.0 Å². The van der Waals surface area contributed by atoms with Crippen molar-refractivity contribution in [2.45, 2.75) is 38.9 Å². The molecule has 210 valence electrons. The van der Waals surface area contributed by atoms with E-state index < -0.39 is 28.7 Å². The summed E-state index contributed by atoms with van der Waals surface area (Å²) < 4.78 is 46.6. The van der Waals surface area contributed by atoms with Gasteiger partial charge in [0.1, 0.15) is 17.9 Å². The molecular formula is C28H34F3N5O2S. The van der Waals surface area contributed by atoms with Gasteiger partial charge in [0.25, 0.3) is 5.91 Å². The van der Waals surface area contributed by atoms with Crippen LogP contribution in [0.4, 0.5) is 24.5 Å². The number of anilines is 2. The van der Waals surface area contributed by atoms with E-state index in [1.807, 2.05) is 25.1 Å². The lowest BCUT2D eigenvalue weighted by molar-refractivity contribution is -0.137. The van der Waals surface area contributed by atoms with Gasteiger partial charge in [-0.05, 0) is 62.2 Å². The summed E-state index contributed by atoms with van der Waals surface area (Å²) in [6.45, 7) is 10.6. The topological polar surface area (TPSA) is 71.8 Å². The molecule has 0 aliphatic carbocycles. The highest BCUT2D eigenvalue weighted by Crippen LogP contribution is 2.35. The van der Waals surface area contributed by atoms with Crippen LogP contribution in [0.5, 0.6) is 5.75 Å². The second kappa shape index (κ2) is 12.8. The maximum absolute atomic E-state index is 13.6. The number of halogens is 3. The lowest BCUT2D eigenvalue weighted by atomic mass is 9.98. The van der Waals surface area contributed by atoms with E-state index in [1.165, 1.54) is 18.6 Å². The second-order valence-corrected chi connectivity index (χ2v) is 10.0. The summed E-state index contributed by atoms with van der Waals surface area (Å²) in [5.74, 6) is 0.287. The zero-order valence-corrected chi connectivity index (χ0v) is 23.5. The first-order chi connectivity index (χ1) is 18.4. The maximum atomic E-state index is 13.6. The Kier molecular flexibility index (Phi) is 9.93. The zero-order valence-electron chi connectivity index (χ0n) is 22.6. The van der Waals surface area contributed by atoms with Crippen LogP contribution in [0.1, 0.15) is 37.5 Å². The number of hydrogen-bond acceptors (Lipinski definition) is 6. The van der Waals surface area contributed by atoms with Crippen LogP contribution in [-0.2, 0) is 17.4 Å². The Morgan fingerprint density at radius 1 is 1.18 bits per heavy atom. The number of benzene rings is 2. The van der Waals surface area contributed by atoms with Crippen molar-refractivity contribution < 1.29 is 22.7 Å². The van der Waals surface area contributed by atoms with Gasteiger partial charge >= 0.3 is 6.18 Å². The highest BCUT2D eigenvalue weighted by atomic mass is 32.1. The Morgan fingerprint density at radius 3 is 2.44 bits per heavy atom. The van der Waals surface area contributed by atoms with E-state index >= 15 is 0 Å². The number of amides is 1. The number of aryl methyl sites for hydroxylation is 1. The van der Waals surface area contributed by atoms with Gasteiger partial charge in [-0.2, -0.15) is 18.4 Å². The minimum absolute atomic E-state index is 0.0196. The molecule has 0 aromatic heterocycles. The van der Waals surface area contributed by atoms with E-state index in [0.29, 0.717) is 18.7 Å². The van der Waals surface area contributed by atoms with Gasteiger partial charge in [0, 0.05) is 51.1 Å². The number of nitriles is 1. The van der Waals surface area contributed by atoms with Crippen LogP contribution >= 0.6 is 12.2 Å². The molecule has 0 spiro atoms. The van der Waals surface area contributed by atoms with Crippen LogP contribution in [0.2, 0.25) is 0 Å². The summed E-state index contributed by atoms with van der Waals surface area (Å²) in [6, 6.07) is 10.4. The number of thiocarbonyl (C=S) groups is 1. The molecule has 0 saturated carbocycles. The molecule has 7 nitrogen and oxygen atoms in total. The largest absolute Gasteiger partial charge is 0.492 e. The summed E-state index contributed by atoms with van der Waals surface area (Å²) in [5.41, 5.74) is 0.170. The standard InChI is InChI=1S/C28H34F3N5O2S/c1-5-20-16-23(8-9-25(20)38-15-14-35-12-10-33-11-13-35)36(19-39)27(2,3)26(37)34(4)22-7-6-21(18-32)24(17-22)28(29,30)31/h6-9,16-17,19,33H,5,10-15H2,1-4H3. The lowest BCUT2D eigenvalue weighted by Gasteiger charge is -2.38. The molecule has 0 atom stereocenters. The highest BCUT2D eigenvalue weighted by Gasteiger charge is 2.39. The second-order valence-electron chi connectivity index (χ2n) is 9.82. The molecule has 2 aromatic rings. The minimum atomic E-state index is -4.73. The smallest absolute Gasteiger partial charge is 0.417 e. The SMILES string of the molecule is CCc1cc(N(C=S)C(C)(C)C(=O)N(C)c2ccc(C#N)c(C(F)(F)F)c2)ccc1OCCN1CCNCC1. The lowest BCUT2D eigenvalue weighted by Crippen LogP contribution is -2.55. The quantitative estimate of drug-likeness (QED) is 0.424. The molecule has 1 amide bonds. The fourth-order valence-electron chi connectivity index (χ4n) is 4.57. The number of carbonyl (C=O) groups excluding carboxylic acids is 1. The van der Waals surface area contributed by atoms with Gasteiger partial charge in [-0.1, -0.05) is 19.1 Å². The van der Waals surface area contributed by atoms with Crippen LogP contribution in [0.15, 0.2) is 36.4 Å². The Bertz CT molecular complexity index is 1220. The minimum Gasteiger partial charge on any atom is -0.492 e. The molecule has 0 radical (unpaired) electrons. The van der Waals surface area contributed by atoms with Crippen molar-refractivity contribution in [3.63, 3.8) is 0 Å². The predicted molar refractivity (Wildman–Crippen MR) is 150 cm³/mol. The number of alkyl halides is 3. The first-order valence-electron chi connectivity index (χ1n) is 12.8. The normalized spacial score (nSPS) is 14.4. The molecular weight excluding hydrogens is 527 g/mol. The third-order valence-electron chi connectivity index (χ3n) is 6.93. The fourth-order valence-corrected chi connectivity index (χ4v) is 4.96. The van der Waals surface area contributed by atoms with Crippen LogP contribution in [0.25, 0.3) is 0 Å². The molecule has 11 heteroatoms. The number of likely N-dealkylation sites (N-methyl/N-ethyl adjacent to an activating group) is 1. The van der Waals surface area contributed by atoms with Crippen molar-refractivity contribution in [3.8, 4) is 11.8 Å². The van der Waals surface area contributed by atoms with E-state index in [1.54, 1.807) is 24.8 Å². The Hall–Kier alpha value is -3.20. The van der Waals surface area contributed by atoms with Crippen molar-refractivity contribution in [1.82, 2.24) is 10.2 Å². The van der Waals surface area contributed by atoms with Crippen molar-refractivity contribution in [2.24, 2.45) is 0 Å². The van der Waals surface area contributed by atoms with Gasteiger partial charge < -0.3 is 19.9 Å². The van der Waals surface area contributed by atoms with Gasteiger partial charge in [-0.25, -0.2) is 0 Å². The fraction of sp³-hybridized carbons (Fsp3) is 0.464. The Morgan fingerprint density at radius 2 is 1.85 bits per heavy atom. The summed E-state index contributed by atoms with van der Waals surface area (Å²) in [6.07, 6.45) is -4.03. The molecule has 1 aliphatic heterocycles. The van der Waals surface area contributed by atoms with Gasteiger partial charge in [0.05, 0.1) is 22.7 Å². The van der Waals surface area contributed by atoms with Crippen LogP contribution in [-0.4, -0.2) is 68.2 Å². The number of nitrogens with zero attached hydrogens (tertiary/aromatic N) is 4. The number of rotatable bonds is 10. The number of hydrogen-bond donors (Lipinski definition) is 1. The first-order valence-corrected chi connectivity index (χ1v) is 13.2. The molecule has 0 unspecified atom stereocenters. The number of nitrogens with one attached hydrogen (secondary N) is 1. The number of piperazine rings is 1. The van der Waals surface area contributed by atoms with Crippen LogP contribution in [0.3, 0.4) is 0 Å². The molecule has 2 aromatic carbocycles. The van der Waals surface area contributed by atoms with Gasteiger partial charge in [0.15, 0.2) is 0 Å². The highest BCUT2D eigenvalue weighted by molar-refractivity contribution is 7.79. The third kappa shape index (κ3) is 7.06. The van der Waals surface area contributed by atoms with E-state index in [0.717, 1.165) is 61.1 Å². The molecule has 1 aliphatic rings. The van der Waals surface area contributed by atoms with Crippen molar-refractivity contribution in [2.75, 3.05) is 56.2 Å². The third-order valence-corrected chi connectivity index (χ3v) is 7.14. The van der Waals surface area contributed by atoms with Crippen LogP contribution < -0.4 is 19.9 Å². The van der Waals surface area contributed by atoms with Gasteiger partial charge in [0.2, 0.25) is 0 Å². The van der Waals surface area contributed by atoms with E-state index in [-0.39, 0.29) is 5.69 Å². The van der Waals surface area contributed by atoms with Crippen molar-refractivity contribution in [1.29, 1.82) is 5.26 Å². The number of carbonyl (C=O) groups is 1. The summed E-state index contributed by atoms with van der Waals surface area (Å²) in [5, 5.41) is 12.4. The molecule has 3 rings (SSSR count). The van der Waals surface area contributed by atoms with Gasteiger partial charge in [-0.3, -0.25) is 9.69 Å². The van der Waals surface area contributed by atoms with E-state index in [9.17, 15) is 18.0 Å². The average Bonchev–Trinajstić information content (AvgIpc) is 2.92. The summed E-state index contributed by atoms with van der Waals surface area (Å²) in [4.78, 5) is 18.7. The molecule has 1 N–H and O–H groups in total.